The molecular weight excluding hydrogens is 156 g/mol. The van der Waals surface area contributed by atoms with Gasteiger partial charge in [-0.2, -0.15) is 0 Å². The lowest BCUT2D eigenvalue weighted by atomic mass is 10.1. The van der Waals surface area contributed by atoms with Crippen molar-refractivity contribution in [3.63, 3.8) is 0 Å². The van der Waals surface area contributed by atoms with Crippen molar-refractivity contribution >= 4 is 5.97 Å². The summed E-state index contributed by atoms with van der Waals surface area (Å²) in [6.07, 6.45) is 3.58. The van der Waals surface area contributed by atoms with Gasteiger partial charge in [-0.25, -0.2) is 0 Å². The summed E-state index contributed by atoms with van der Waals surface area (Å²) in [5.41, 5.74) is 6.22. The molecule has 12 heavy (non-hydrogen) atoms. The molecule has 0 spiro atoms. The average Bonchev–Trinajstić information content (AvgIpc) is 2.06. The van der Waals surface area contributed by atoms with Crippen molar-refractivity contribution in [3.05, 3.63) is 30.1 Å². The summed E-state index contributed by atoms with van der Waals surface area (Å²) in [5, 5.41) is 8.50. The fourth-order valence-electron chi connectivity index (χ4n) is 0.860. The van der Waals surface area contributed by atoms with E-state index in [1.807, 2.05) is 0 Å². The standard InChI is InChI=1S/C8H10N2O2/c9-7(8(11)12)5-6-1-3-10-4-2-6/h1-4,7H,5,9H2,(H,11,12). The van der Waals surface area contributed by atoms with Gasteiger partial charge in [0.2, 0.25) is 0 Å². The highest BCUT2D eigenvalue weighted by Gasteiger charge is 2.11. The molecule has 64 valence electrons. The number of aromatic nitrogens is 1. The molecule has 0 fully saturated rings. The summed E-state index contributed by atoms with van der Waals surface area (Å²) in [4.78, 5) is 14.2. The molecule has 0 bridgehead atoms. The number of aliphatic carboxylic acids is 1. The lowest BCUT2D eigenvalue weighted by Gasteiger charge is -2.04. The highest BCUT2D eigenvalue weighted by Crippen LogP contribution is 1.99. The minimum Gasteiger partial charge on any atom is -0.480 e. The van der Waals surface area contributed by atoms with Gasteiger partial charge in [-0.1, -0.05) is 0 Å². The van der Waals surface area contributed by atoms with Gasteiger partial charge in [-0.15, -0.1) is 0 Å². The first-order chi connectivity index (χ1) is 5.70. The number of carbonyl (C=O) groups is 1. The van der Waals surface area contributed by atoms with E-state index in [2.05, 4.69) is 4.98 Å². The molecular formula is C8H10N2O2. The Morgan fingerprint density at radius 2 is 2.17 bits per heavy atom. The van der Waals surface area contributed by atoms with Crippen LogP contribution in [0.3, 0.4) is 0 Å². The van der Waals surface area contributed by atoms with Crippen LogP contribution in [-0.2, 0) is 11.2 Å². The van der Waals surface area contributed by atoms with E-state index in [-0.39, 0.29) is 0 Å². The van der Waals surface area contributed by atoms with Crippen molar-refractivity contribution < 1.29 is 9.90 Å². The van der Waals surface area contributed by atoms with Gasteiger partial charge in [-0.05, 0) is 24.1 Å². The lowest BCUT2D eigenvalue weighted by molar-refractivity contribution is -0.138. The molecule has 0 aliphatic rings. The third-order valence-electron chi connectivity index (χ3n) is 1.52. The normalized spacial score (nSPS) is 12.4. The fourth-order valence-corrected chi connectivity index (χ4v) is 0.860. The number of carboxylic acids is 1. The SMILES string of the molecule is NC(Cc1ccncc1)C(=O)O. The molecule has 0 aromatic carbocycles. The molecule has 1 unspecified atom stereocenters. The number of carboxylic acid groups (broad SMARTS) is 1. The van der Waals surface area contributed by atoms with Crippen molar-refractivity contribution in [2.75, 3.05) is 0 Å². The molecule has 0 amide bonds. The number of hydrogen-bond donors (Lipinski definition) is 2. The zero-order valence-corrected chi connectivity index (χ0v) is 6.47. The van der Waals surface area contributed by atoms with Crippen molar-refractivity contribution in [2.24, 2.45) is 5.73 Å². The van der Waals surface area contributed by atoms with E-state index >= 15 is 0 Å². The van der Waals surface area contributed by atoms with E-state index in [1.165, 1.54) is 0 Å². The average molecular weight is 166 g/mol. The van der Waals surface area contributed by atoms with Gasteiger partial charge in [0.1, 0.15) is 6.04 Å². The van der Waals surface area contributed by atoms with Crippen LogP contribution < -0.4 is 5.73 Å². The van der Waals surface area contributed by atoms with Crippen LogP contribution >= 0.6 is 0 Å². The lowest BCUT2D eigenvalue weighted by Crippen LogP contribution is -2.32. The molecule has 1 rings (SSSR count). The van der Waals surface area contributed by atoms with Crippen LogP contribution in [-0.4, -0.2) is 22.1 Å². The maximum absolute atomic E-state index is 10.4. The summed E-state index contributed by atoms with van der Waals surface area (Å²) in [5.74, 6) is -0.980. The van der Waals surface area contributed by atoms with Gasteiger partial charge < -0.3 is 10.8 Å². The summed E-state index contributed by atoms with van der Waals surface area (Å²) in [6, 6.07) is 2.68. The Kier molecular flexibility index (Phi) is 2.76. The van der Waals surface area contributed by atoms with E-state index in [0.717, 1.165) is 5.56 Å². The van der Waals surface area contributed by atoms with Crippen LogP contribution in [0, 0.1) is 0 Å². The predicted octanol–water partition coefficient (Wildman–Crippen LogP) is 0.0360. The molecule has 1 atom stereocenters. The maximum Gasteiger partial charge on any atom is 0.320 e. The Labute approximate surface area is 70.0 Å². The maximum atomic E-state index is 10.4. The van der Waals surface area contributed by atoms with Crippen LogP contribution in [0.1, 0.15) is 5.56 Å². The molecule has 4 nitrogen and oxygen atoms in total. The highest BCUT2D eigenvalue weighted by molar-refractivity contribution is 5.73. The van der Waals surface area contributed by atoms with Gasteiger partial charge in [0.15, 0.2) is 0 Å². The molecule has 1 heterocycles. The van der Waals surface area contributed by atoms with Crippen molar-refractivity contribution in [1.82, 2.24) is 4.98 Å². The zero-order valence-electron chi connectivity index (χ0n) is 6.47. The minimum atomic E-state index is -0.980. The van der Waals surface area contributed by atoms with Crippen molar-refractivity contribution in [1.29, 1.82) is 0 Å². The van der Waals surface area contributed by atoms with Crippen molar-refractivity contribution in [3.8, 4) is 0 Å². The monoisotopic (exact) mass is 166 g/mol. The van der Waals surface area contributed by atoms with Crippen LogP contribution in [0.5, 0.6) is 0 Å². The molecule has 0 saturated heterocycles. The minimum absolute atomic E-state index is 0.345. The largest absolute Gasteiger partial charge is 0.480 e. The van der Waals surface area contributed by atoms with Gasteiger partial charge in [0, 0.05) is 12.4 Å². The van der Waals surface area contributed by atoms with E-state index in [0.29, 0.717) is 6.42 Å². The van der Waals surface area contributed by atoms with Gasteiger partial charge >= 0.3 is 5.97 Å². The second-order valence-electron chi connectivity index (χ2n) is 2.50. The summed E-state index contributed by atoms with van der Waals surface area (Å²) in [7, 11) is 0. The molecule has 1 aromatic heterocycles. The number of hydrogen-bond acceptors (Lipinski definition) is 3. The summed E-state index contributed by atoms with van der Waals surface area (Å²) in [6.45, 7) is 0. The van der Waals surface area contributed by atoms with Gasteiger partial charge in [0.25, 0.3) is 0 Å². The Hall–Kier alpha value is -1.42. The molecule has 0 radical (unpaired) electrons. The highest BCUT2D eigenvalue weighted by atomic mass is 16.4. The van der Waals surface area contributed by atoms with Crippen LogP contribution in [0.2, 0.25) is 0 Å². The molecule has 0 saturated carbocycles. The van der Waals surface area contributed by atoms with Crippen molar-refractivity contribution in [2.45, 2.75) is 12.5 Å². The fraction of sp³-hybridized carbons (Fsp3) is 0.250. The van der Waals surface area contributed by atoms with E-state index in [9.17, 15) is 4.79 Å². The first-order valence-electron chi connectivity index (χ1n) is 3.57. The molecule has 0 aliphatic heterocycles. The Bertz CT molecular complexity index is 261. The van der Waals surface area contributed by atoms with Crippen LogP contribution in [0.4, 0.5) is 0 Å². The smallest absolute Gasteiger partial charge is 0.320 e. The molecule has 0 aliphatic carbocycles. The topological polar surface area (TPSA) is 76.2 Å². The Morgan fingerprint density at radius 3 is 2.67 bits per heavy atom. The quantitative estimate of drug-likeness (QED) is 0.664. The third-order valence-corrected chi connectivity index (χ3v) is 1.52. The van der Waals surface area contributed by atoms with Gasteiger partial charge in [0.05, 0.1) is 0 Å². The summed E-state index contributed by atoms with van der Waals surface area (Å²) >= 11 is 0. The van der Waals surface area contributed by atoms with E-state index < -0.39 is 12.0 Å². The van der Waals surface area contributed by atoms with Crippen LogP contribution in [0.15, 0.2) is 24.5 Å². The van der Waals surface area contributed by atoms with E-state index in [4.69, 9.17) is 10.8 Å². The number of pyridine rings is 1. The molecule has 4 heteroatoms. The first-order valence-corrected chi connectivity index (χ1v) is 3.57. The number of nitrogens with zero attached hydrogens (tertiary/aromatic N) is 1. The van der Waals surface area contributed by atoms with Crippen LogP contribution in [0.25, 0.3) is 0 Å². The second kappa shape index (κ2) is 3.82. The zero-order chi connectivity index (χ0) is 8.97. The predicted molar refractivity (Wildman–Crippen MR) is 43.6 cm³/mol. The molecule has 3 N–H and O–H groups in total. The summed E-state index contributed by atoms with van der Waals surface area (Å²) < 4.78 is 0. The third kappa shape index (κ3) is 2.32. The number of nitrogens with two attached hydrogens (primary N) is 1. The Morgan fingerprint density at radius 1 is 1.58 bits per heavy atom. The molecule has 1 aromatic rings. The van der Waals surface area contributed by atoms with Gasteiger partial charge in [-0.3, -0.25) is 9.78 Å². The second-order valence-corrected chi connectivity index (χ2v) is 2.50. The number of rotatable bonds is 3. The Balaban J connectivity index is 2.58. The first kappa shape index (κ1) is 8.67. The van der Waals surface area contributed by atoms with E-state index in [1.54, 1.807) is 24.5 Å².